The molecule has 0 atom stereocenters. The molecule has 1 heterocycles. The summed E-state index contributed by atoms with van der Waals surface area (Å²) in [6.45, 7) is 10.2. The van der Waals surface area contributed by atoms with Crippen LogP contribution >= 0.6 is 0 Å². The van der Waals surface area contributed by atoms with Crippen LogP contribution in [-0.4, -0.2) is 18.6 Å². The zero-order chi connectivity index (χ0) is 24.5. The molecule has 0 unspecified atom stereocenters. The van der Waals surface area contributed by atoms with Crippen LogP contribution in [0.15, 0.2) is 45.6 Å². The van der Waals surface area contributed by atoms with E-state index in [1.165, 1.54) is 12.0 Å². The summed E-state index contributed by atoms with van der Waals surface area (Å²) in [4.78, 5) is 26.1. The van der Waals surface area contributed by atoms with Gasteiger partial charge in [-0.1, -0.05) is 64.3 Å². The van der Waals surface area contributed by atoms with Gasteiger partial charge in [0.05, 0.1) is 5.39 Å². The first-order valence-electron chi connectivity index (χ1n) is 12.2. The van der Waals surface area contributed by atoms with E-state index >= 15 is 0 Å². The van der Waals surface area contributed by atoms with Crippen molar-refractivity contribution in [1.29, 1.82) is 0 Å². The summed E-state index contributed by atoms with van der Waals surface area (Å²) < 4.78 is 12.1. The maximum Gasteiger partial charge on any atom is 0.258 e. The number of aryl methyl sites for hydroxylation is 2. The number of hydrogen-bond donors (Lipinski definition) is 1. The Hall–Kier alpha value is -3.08. The smallest absolute Gasteiger partial charge is 0.258 e. The zero-order valence-electron chi connectivity index (χ0n) is 20.9. The largest absolute Gasteiger partial charge is 0.476 e. The lowest BCUT2D eigenvalue weighted by Crippen LogP contribution is -2.39. The highest BCUT2D eigenvalue weighted by molar-refractivity contribution is 5.84. The maximum absolute atomic E-state index is 13.5. The molecule has 0 bridgehead atoms. The maximum atomic E-state index is 13.5. The Kier molecular flexibility index (Phi) is 6.83. The Morgan fingerprint density at radius 3 is 2.32 bits per heavy atom. The van der Waals surface area contributed by atoms with E-state index in [0.29, 0.717) is 16.7 Å². The lowest BCUT2D eigenvalue weighted by atomic mass is 9.86. The molecular formula is C29H35NO4. The van der Waals surface area contributed by atoms with E-state index in [4.69, 9.17) is 9.15 Å². The van der Waals surface area contributed by atoms with Crippen LogP contribution in [0, 0.1) is 13.8 Å². The van der Waals surface area contributed by atoms with E-state index in [9.17, 15) is 9.59 Å². The Morgan fingerprint density at radius 1 is 1.03 bits per heavy atom. The number of fused-ring (bicyclic) bond motifs is 1. The minimum Gasteiger partial charge on any atom is -0.476 e. The van der Waals surface area contributed by atoms with Crippen molar-refractivity contribution in [2.24, 2.45) is 0 Å². The third-order valence-electron chi connectivity index (χ3n) is 6.80. The van der Waals surface area contributed by atoms with Gasteiger partial charge in [0, 0.05) is 11.6 Å². The van der Waals surface area contributed by atoms with Crippen LogP contribution < -0.4 is 15.5 Å². The minimum atomic E-state index is -0.260. The molecule has 1 aliphatic carbocycles. The third kappa shape index (κ3) is 5.19. The van der Waals surface area contributed by atoms with Crippen LogP contribution in [0.2, 0.25) is 0 Å². The second kappa shape index (κ2) is 9.65. The lowest BCUT2D eigenvalue weighted by Gasteiger charge is -2.22. The fourth-order valence-electron chi connectivity index (χ4n) is 4.53. The highest BCUT2D eigenvalue weighted by atomic mass is 16.5. The molecule has 1 amide bonds. The van der Waals surface area contributed by atoms with Gasteiger partial charge >= 0.3 is 0 Å². The summed E-state index contributed by atoms with van der Waals surface area (Å²) in [5.41, 5.74) is 4.24. The van der Waals surface area contributed by atoms with Crippen molar-refractivity contribution >= 4 is 16.9 Å². The van der Waals surface area contributed by atoms with Crippen LogP contribution in [-0.2, 0) is 10.2 Å². The molecule has 0 spiro atoms. The van der Waals surface area contributed by atoms with Crippen LogP contribution in [0.3, 0.4) is 0 Å². The van der Waals surface area contributed by atoms with E-state index < -0.39 is 0 Å². The Bertz CT molecular complexity index is 1240. The molecular weight excluding hydrogens is 426 g/mol. The molecule has 5 nitrogen and oxygen atoms in total. The van der Waals surface area contributed by atoms with Gasteiger partial charge in [0.2, 0.25) is 11.2 Å². The summed E-state index contributed by atoms with van der Waals surface area (Å²) in [7, 11) is 0. The van der Waals surface area contributed by atoms with E-state index in [0.717, 1.165) is 42.4 Å². The molecule has 3 aromatic rings. The van der Waals surface area contributed by atoms with Crippen molar-refractivity contribution in [1.82, 2.24) is 5.32 Å². The number of carbonyl (C=O) groups is 1. The van der Waals surface area contributed by atoms with E-state index in [1.807, 2.05) is 50.2 Å². The number of nitrogens with one attached hydrogen (secondary N) is 1. The van der Waals surface area contributed by atoms with Crippen molar-refractivity contribution in [3.8, 4) is 17.1 Å². The highest BCUT2D eigenvalue weighted by Gasteiger charge is 2.22. The Labute approximate surface area is 201 Å². The molecule has 4 rings (SSSR count). The summed E-state index contributed by atoms with van der Waals surface area (Å²) in [6, 6.07) is 11.9. The van der Waals surface area contributed by atoms with Gasteiger partial charge in [0.15, 0.2) is 12.4 Å². The molecule has 0 radical (unpaired) electrons. The van der Waals surface area contributed by atoms with Gasteiger partial charge in [-0.3, -0.25) is 9.59 Å². The molecule has 180 valence electrons. The normalized spacial score (nSPS) is 14.9. The molecule has 2 aromatic carbocycles. The molecule has 1 aromatic heterocycles. The summed E-state index contributed by atoms with van der Waals surface area (Å²) in [6.07, 6.45) is 5.47. The van der Waals surface area contributed by atoms with Gasteiger partial charge in [0.25, 0.3) is 5.91 Å². The van der Waals surface area contributed by atoms with Crippen molar-refractivity contribution < 1.29 is 13.9 Å². The molecule has 0 saturated heterocycles. The van der Waals surface area contributed by atoms with Crippen molar-refractivity contribution in [3.63, 3.8) is 0 Å². The highest BCUT2D eigenvalue weighted by Crippen LogP contribution is 2.33. The Morgan fingerprint density at radius 2 is 1.68 bits per heavy atom. The molecule has 1 saturated carbocycles. The number of ether oxygens (including phenoxy) is 1. The first-order valence-corrected chi connectivity index (χ1v) is 12.2. The van der Waals surface area contributed by atoms with Gasteiger partial charge in [-0.25, -0.2) is 0 Å². The SMILES string of the molecule is Cc1cc2oc(-c3ccc(C(C)(C)C)cc3)c(OCC(=O)NC3CCCCC3)c(=O)c2cc1C. The van der Waals surface area contributed by atoms with E-state index in [2.05, 4.69) is 26.1 Å². The number of hydrogen-bond acceptors (Lipinski definition) is 4. The van der Waals surface area contributed by atoms with Gasteiger partial charge in [-0.15, -0.1) is 0 Å². The quantitative estimate of drug-likeness (QED) is 0.491. The first kappa shape index (κ1) is 24.1. The van der Waals surface area contributed by atoms with Gasteiger partial charge in [-0.05, 0) is 60.9 Å². The second-order valence-corrected chi connectivity index (χ2v) is 10.5. The van der Waals surface area contributed by atoms with Crippen LogP contribution in [0.25, 0.3) is 22.3 Å². The fraction of sp³-hybridized carbons (Fsp3) is 0.448. The van der Waals surface area contributed by atoms with Crippen LogP contribution in [0.5, 0.6) is 5.75 Å². The van der Waals surface area contributed by atoms with Gasteiger partial charge in [-0.2, -0.15) is 0 Å². The average Bonchev–Trinajstić information content (AvgIpc) is 2.80. The van der Waals surface area contributed by atoms with Crippen molar-refractivity contribution in [3.05, 3.63) is 63.3 Å². The number of amides is 1. The number of rotatable bonds is 5. The predicted octanol–water partition coefficient (Wildman–Crippen LogP) is 6.20. The summed E-state index contributed by atoms with van der Waals surface area (Å²) >= 11 is 0. The molecule has 34 heavy (non-hydrogen) atoms. The summed E-state index contributed by atoms with van der Waals surface area (Å²) in [5, 5.41) is 3.51. The monoisotopic (exact) mass is 461 g/mol. The molecule has 0 aliphatic heterocycles. The third-order valence-corrected chi connectivity index (χ3v) is 6.80. The van der Waals surface area contributed by atoms with Crippen LogP contribution in [0.1, 0.15) is 69.6 Å². The van der Waals surface area contributed by atoms with Gasteiger partial charge in [0.1, 0.15) is 5.58 Å². The van der Waals surface area contributed by atoms with Crippen molar-refractivity contribution in [2.45, 2.75) is 78.2 Å². The lowest BCUT2D eigenvalue weighted by molar-refractivity contribution is -0.124. The zero-order valence-corrected chi connectivity index (χ0v) is 20.9. The first-order chi connectivity index (χ1) is 16.1. The number of carbonyl (C=O) groups excluding carboxylic acids is 1. The Balaban J connectivity index is 1.70. The topological polar surface area (TPSA) is 68.5 Å². The van der Waals surface area contributed by atoms with E-state index in [-0.39, 0.29) is 35.1 Å². The average molecular weight is 462 g/mol. The predicted molar refractivity (Wildman–Crippen MR) is 137 cm³/mol. The molecule has 1 aliphatic rings. The van der Waals surface area contributed by atoms with Crippen molar-refractivity contribution in [2.75, 3.05) is 6.61 Å². The minimum absolute atomic E-state index is 0.00787. The standard InChI is InChI=1S/C29H35NO4/c1-18-15-23-24(16-19(18)2)34-27(20-11-13-21(14-12-20)29(3,4)5)28(26(23)32)33-17-25(31)30-22-9-7-6-8-10-22/h11-16,22H,6-10,17H2,1-5H3,(H,30,31). The van der Waals surface area contributed by atoms with E-state index in [1.54, 1.807) is 0 Å². The number of benzene rings is 2. The van der Waals surface area contributed by atoms with Crippen LogP contribution in [0.4, 0.5) is 0 Å². The second-order valence-electron chi connectivity index (χ2n) is 10.5. The molecule has 1 N–H and O–H groups in total. The molecule has 1 fully saturated rings. The summed E-state index contributed by atoms with van der Waals surface area (Å²) in [5.74, 6) is 0.227. The van der Waals surface area contributed by atoms with Gasteiger partial charge < -0.3 is 14.5 Å². The molecule has 5 heteroatoms. The fourth-order valence-corrected chi connectivity index (χ4v) is 4.53.